The quantitative estimate of drug-likeness (QED) is 0.561. The van der Waals surface area contributed by atoms with Crippen molar-refractivity contribution in [3.63, 3.8) is 0 Å². The second-order valence-corrected chi connectivity index (χ2v) is 8.10. The van der Waals surface area contributed by atoms with E-state index < -0.39 is 11.9 Å². The number of nitrogens with one attached hydrogen (secondary N) is 1. The van der Waals surface area contributed by atoms with Crippen molar-refractivity contribution in [2.45, 2.75) is 23.9 Å². The van der Waals surface area contributed by atoms with Gasteiger partial charge in [0.15, 0.2) is 0 Å². The number of carbonyl (C=O) groups is 1. The van der Waals surface area contributed by atoms with Crippen LogP contribution in [-0.4, -0.2) is 27.8 Å². The number of fused-ring (bicyclic) bond motifs is 1. The van der Waals surface area contributed by atoms with Crippen molar-refractivity contribution in [1.82, 2.24) is 14.8 Å². The Labute approximate surface area is 183 Å². The molecule has 0 spiro atoms. The molecule has 1 aliphatic heterocycles. The summed E-state index contributed by atoms with van der Waals surface area (Å²) < 4.78 is 6.94. The summed E-state index contributed by atoms with van der Waals surface area (Å²) in [5.74, 6) is 1.40. The van der Waals surface area contributed by atoms with Gasteiger partial charge >= 0.3 is 0 Å². The Balaban J connectivity index is 1.69. The number of halogens is 1. The Morgan fingerprint density at radius 2 is 2.00 bits per heavy atom. The summed E-state index contributed by atoms with van der Waals surface area (Å²) in [6, 6.07) is 14.7. The van der Waals surface area contributed by atoms with E-state index in [1.165, 1.54) is 11.8 Å². The van der Waals surface area contributed by atoms with Gasteiger partial charge < -0.3 is 15.8 Å². The highest BCUT2D eigenvalue weighted by molar-refractivity contribution is 7.98. The highest BCUT2D eigenvalue weighted by Gasteiger charge is 2.33. The van der Waals surface area contributed by atoms with E-state index in [0.29, 0.717) is 33.2 Å². The van der Waals surface area contributed by atoms with Crippen LogP contribution in [0.5, 0.6) is 5.75 Å². The smallest absolute Gasteiger partial charge is 0.248 e. The van der Waals surface area contributed by atoms with Crippen molar-refractivity contribution in [1.29, 1.82) is 0 Å². The highest BCUT2D eigenvalue weighted by atomic mass is 35.5. The van der Waals surface area contributed by atoms with Crippen LogP contribution in [0.3, 0.4) is 0 Å². The Kier molecular flexibility index (Phi) is 5.69. The molecule has 3 N–H and O–H groups in total. The number of primary amides is 1. The molecule has 1 atom stereocenters. The van der Waals surface area contributed by atoms with Crippen LogP contribution < -0.4 is 15.8 Å². The fourth-order valence-corrected chi connectivity index (χ4v) is 4.48. The van der Waals surface area contributed by atoms with Gasteiger partial charge in [0, 0.05) is 16.5 Å². The number of amides is 1. The van der Waals surface area contributed by atoms with E-state index >= 15 is 0 Å². The molecular weight excluding hydrogens is 422 g/mol. The largest absolute Gasteiger partial charge is 0.497 e. The molecule has 1 amide bonds. The Bertz CT molecular complexity index is 1130. The van der Waals surface area contributed by atoms with Gasteiger partial charge in [-0.2, -0.15) is 4.98 Å². The van der Waals surface area contributed by atoms with E-state index in [1.54, 1.807) is 11.8 Å². The maximum atomic E-state index is 12.3. The number of rotatable bonds is 6. The minimum Gasteiger partial charge on any atom is -0.497 e. The van der Waals surface area contributed by atoms with E-state index in [1.807, 2.05) is 55.5 Å². The molecule has 7 nitrogen and oxygen atoms in total. The molecule has 2 heterocycles. The predicted octanol–water partition coefficient (Wildman–Crippen LogP) is 4.01. The second-order valence-electron chi connectivity index (χ2n) is 6.75. The van der Waals surface area contributed by atoms with Gasteiger partial charge in [0.2, 0.25) is 17.0 Å². The number of nitrogens with two attached hydrogens (primary N) is 1. The van der Waals surface area contributed by atoms with Crippen molar-refractivity contribution in [2.24, 2.45) is 5.73 Å². The van der Waals surface area contributed by atoms with Crippen LogP contribution in [0.1, 0.15) is 24.1 Å². The molecule has 0 radical (unpaired) electrons. The molecule has 0 aliphatic carbocycles. The minimum atomic E-state index is -0.507. The topological polar surface area (TPSA) is 95.1 Å². The number of methoxy groups -OCH3 is 1. The summed E-state index contributed by atoms with van der Waals surface area (Å²) in [5, 5.41) is 9.08. The van der Waals surface area contributed by atoms with E-state index in [2.05, 4.69) is 15.4 Å². The molecule has 0 saturated carbocycles. The second kappa shape index (κ2) is 8.41. The Morgan fingerprint density at radius 1 is 1.27 bits per heavy atom. The van der Waals surface area contributed by atoms with Gasteiger partial charge in [0.1, 0.15) is 11.8 Å². The third kappa shape index (κ3) is 3.88. The summed E-state index contributed by atoms with van der Waals surface area (Å²) >= 11 is 7.73. The first-order chi connectivity index (χ1) is 14.5. The first-order valence-electron chi connectivity index (χ1n) is 9.22. The van der Waals surface area contributed by atoms with Gasteiger partial charge in [-0.3, -0.25) is 4.79 Å². The number of thioether (sulfide) groups is 1. The standard InChI is InChI=1S/C21H20ClN5O2S/c1-12-17(19(23)28)18(13-7-9-15(29-2)10-8-13)27-20(24-12)25-21(26-27)30-11-14-5-3-4-6-16(14)22/h3-10,18H,11H2,1-2H3,(H2,23,28)(H,24,25,26)/t18-/m1/s1. The average molecular weight is 442 g/mol. The van der Waals surface area contributed by atoms with E-state index in [-0.39, 0.29) is 0 Å². The number of carbonyl (C=O) groups excluding carboxylic acids is 1. The number of allylic oxidation sites excluding steroid dienone is 1. The van der Waals surface area contributed by atoms with Gasteiger partial charge in [0.25, 0.3) is 0 Å². The molecule has 1 aromatic heterocycles. The van der Waals surface area contributed by atoms with Crippen LogP contribution in [0.4, 0.5) is 5.95 Å². The molecule has 154 valence electrons. The van der Waals surface area contributed by atoms with Crippen molar-refractivity contribution in [3.05, 3.63) is 76.0 Å². The number of nitrogens with zero attached hydrogens (tertiary/aromatic N) is 3. The lowest BCUT2D eigenvalue weighted by atomic mass is 9.95. The SMILES string of the molecule is COc1ccc([C@@H]2C(C(N)=O)=C(C)Nc3nc(SCc4ccccc4Cl)nn32)cc1. The maximum Gasteiger partial charge on any atom is 0.248 e. The summed E-state index contributed by atoms with van der Waals surface area (Å²) in [6.45, 7) is 1.81. The summed E-state index contributed by atoms with van der Waals surface area (Å²) in [6.07, 6.45) is 0. The number of benzene rings is 2. The van der Waals surface area contributed by atoms with E-state index in [9.17, 15) is 4.79 Å². The molecule has 0 unspecified atom stereocenters. The molecular formula is C21H20ClN5O2S. The summed E-state index contributed by atoms with van der Waals surface area (Å²) in [4.78, 5) is 16.9. The molecule has 3 aromatic rings. The van der Waals surface area contributed by atoms with Gasteiger partial charge in [-0.15, -0.1) is 5.10 Å². The van der Waals surface area contributed by atoms with Crippen LogP contribution >= 0.6 is 23.4 Å². The molecule has 2 aromatic carbocycles. The van der Waals surface area contributed by atoms with Gasteiger partial charge in [-0.1, -0.05) is 53.7 Å². The van der Waals surface area contributed by atoms with Gasteiger partial charge in [0.05, 0.1) is 12.7 Å². The first kappa shape index (κ1) is 20.3. The first-order valence-corrected chi connectivity index (χ1v) is 10.6. The highest BCUT2D eigenvalue weighted by Crippen LogP contribution is 2.37. The van der Waals surface area contributed by atoms with Crippen LogP contribution in [0.15, 0.2) is 65.0 Å². The normalized spacial score (nSPS) is 15.5. The van der Waals surface area contributed by atoms with Crippen LogP contribution in [0.2, 0.25) is 5.02 Å². The number of ether oxygens (including phenoxy) is 1. The third-order valence-corrected chi connectivity index (χ3v) is 6.10. The average Bonchev–Trinajstić information content (AvgIpc) is 3.14. The third-order valence-electron chi connectivity index (χ3n) is 4.84. The van der Waals surface area contributed by atoms with Crippen LogP contribution in [-0.2, 0) is 10.5 Å². The van der Waals surface area contributed by atoms with E-state index in [0.717, 1.165) is 16.9 Å². The van der Waals surface area contributed by atoms with Crippen molar-refractivity contribution in [2.75, 3.05) is 12.4 Å². The zero-order chi connectivity index (χ0) is 21.3. The fourth-order valence-electron chi connectivity index (χ4n) is 3.36. The van der Waals surface area contributed by atoms with Crippen molar-refractivity contribution >= 4 is 35.2 Å². The lowest BCUT2D eigenvalue weighted by Gasteiger charge is -2.27. The minimum absolute atomic E-state index is 0.445. The summed E-state index contributed by atoms with van der Waals surface area (Å²) in [5.41, 5.74) is 8.68. The molecule has 0 bridgehead atoms. The Hall–Kier alpha value is -2.97. The molecule has 0 fully saturated rings. The monoisotopic (exact) mass is 441 g/mol. The zero-order valence-corrected chi connectivity index (χ0v) is 18.0. The van der Waals surface area contributed by atoms with Crippen molar-refractivity contribution in [3.8, 4) is 5.75 Å². The fraction of sp³-hybridized carbons (Fsp3) is 0.190. The lowest BCUT2D eigenvalue weighted by molar-refractivity contribution is -0.115. The number of anilines is 1. The van der Waals surface area contributed by atoms with Crippen LogP contribution in [0.25, 0.3) is 0 Å². The van der Waals surface area contributed by atoms with Gasteiger partial charge in [-0.25, -0.2) is 4.68 Å². The molecule has 4 rings (SSSR count). The van der Waals surface area contributed by atoms with Gasteiger partial charge in [-0.05, 0) is 36.2 Å². The lowest BCUT2D eigenvalue weighted by Crippen LogP contribution is -2.31. The molecule has 0 saturated heterocycles. The molecule has 30 heavy (non-hydrogen) atoms. The van der Waals surface area contributed by atoms with E-state index in [4.69, 9.17) is 22.1 Å². The Morgan fingerprint density at radius 3 is 2.67 bits per heavy atom. The maximum absolute atomic E-state index is 12.3. The number of aromatic nitrogens is 3. The van der Waals surface area contributed by atoms with Crippen LogP contribution in [0, 0.1) is 0 Å². The summed E-state index contributed by atoms with van der Waals surface area (Å²) in [7, 11) is 1.61. The molecule has 9 heteroatoms. The molecule has 1 aliphatic rings. The number of hydrogen-bond acceptors (Lipinski definition) is 6. The van der Waals surface area contributed by atoms with Crippen molar-refractivity contribution < 1.29 is 9.53 Å². The zero-order valence-electron chi connectivity index (χ0n) is 16.4. The number of hydrogen-bond donors (Lipinski definition) is 2. The predicted molar refractivity (Wildman–Crippen MR) is 118 cm³/mol.